The minimum atomic E-state index is -0.331. The van der Waals surface area contributed by atoms with Gasteiger partial charge in [-0.1, -0.05) is 44.7 Å². The Morgan fingerprint density at radius 1 is 1.33 bits per heavy atom. The summed E-state index contributed by atoms with van der Waals surface area (Å²) in [7, 11) is 0. The second-order valence-electron chi connectivity index (χ2n) is 4.83. The molecule has 2 nitrogen and oxygen atoms in total. The lowest BCUT2D eigenvalue weighted by atomic mass is 10.1. The van der Waals surface area contributed by atoms with Crippen LogP contribution in [0.5, 0.6) is 5.75 Å². The van der Waals surface area contributed by atoms with Crippen LogP contribution in [0.15, 0.2) is 29.2 Å². The van der Waals surface area contributed by atoms with Gasteiger partial charge in [0.05, 0.1) is 6.10 Å². The first-order chi connectivity index (χ1) is 8.81. The summed E-state index contributed by atoms with van der Waals surface area (Å²) in [6, 6.07) is 8.06. The Morgan fingerprint density at radius 2 is 2.17 bits per heavy atom. The first kappa shape index (κ1) is 13.8. The fourth-order valence-corrected chi connectivity index (χ4v) is 3.26. The molecule has 0 spiro atoms. The molecule has 0 radical (unpaired) electrons. The van der Waals surface area contributed by atoms with Crippen molar-refractivity contribution < 1.29 is 9.84 Å². The molecular weight excluding hydrogens is 244 g/mol. The topological polar surface area (TPSA) is 29.5 Å². The van der Waals surface area contributed by atoms with Crippen molar-refractivity contribution in [3.8, 4) is 5.75 Å². The van der Waals surface area contributed by atoms with Crippen LogP contribution >= 0.6 is 11.8 Å². The standard InChI is InChI=1S/C15H22O2S/c1-2-3-4-5-8-12(16)14-11-18-15-10-7-6-9-13(15)17-14/h6-7,9-10,12,14,16H,2-5,8,11H2,1H3. The van der Waals surface area contributed by atoms with Crippen molar-refractivity contribution in [3.05, 3.63) is 24.3 Å². The van der Waals surface area contributed by atoms with E-state index < -0.39 is 0 Å². The quantitative estimate of drug-likeness (QED) is 0.793. The molecule has 1 aliphatic heterocycles. The van der Waals surface area contributed by atoms with Crippen molar-refractivity contribution >= 4 is 11.8 Å². The Kier molecular flexibility index (Phi) is 5.39. The number of aliphatic hydroxyl groups is 1. The number of rotatable bonds is 6. The molecule has 0 saturated carbocycles. The fraction of sp³-hybridized carbons (Fsp3) is 0.600. The maximum atomic E-state index is 10.2. The van der Waals surface area contributed by atoms with E-state index in [9.17, 15) is 5.11 Å². The summed E-state index contributed by atoms with van der Waals surface area (Å²) in [6.45, 7) is 2.20. The molecule has 1 heterocycles. The van der Waals surface area contributed by atoms with Gasteiger partial charge in [-0.15, -0.1) is 11.8 Å². The number of aliphatic hydroxyl groups excluding tert-OH is 1. The first-order valence-corrected chi connectivity index (χ1v) is 7.86. The van der Waals surface area contributed by atoms with Crippen molar-refractivity contribution in [3.63, 3.8) is 0 Å². The summed E-state index contributed by atoms with van der Waals surface area (Å²) < 4.78 is 5.88. The van der Waals surface area contributed by atoms with Crippen LogP contribution in [0.2, 0.25) is 0 Å². The van der Waals surface area contributed by atoms with Gasteiger partial charge in [-0.05, 0) is 18.6 Å². The van der Waals surface area contributed by atoms with Gasteiger partial charge in [0.25, 0.3) is 0 Å². The number of benzene rings is 1. The molecule has 0 aliphatic carbocycles. The Morgan fingerprint density at radius 3 is 3.00 bits per heavy atom. The van der Waals surface area contributed by atoms with Crippen molar-refractivity contribution in [2.45, 2.75) is 56.1 Å². The smallest absolute Gasteiger partial charge is 0.134 e. The van der Waals surface area contributed by atoms with Gasteiger partial charge in [0.2, 0.25) is 0 Å². The van der Waals surface area contributed by atoms with Gasteiger partial charge in [-0.25, -0.2) is 0 Å². The van der Waals surface area contributed by atoms with E-state index in [1.54, 1.807) is 11.8 Å². The number of thioether (sulfide) groups is 1. The van der Waals surface area contributed by atoms with Crippen LogP contribution in [0, 0.1) is 0 Å². The second kappa shape index (κ2) is 7.05. The molecular formula is C15H22O2S. The van der Waals surface area contributed by atoms with Crippen LogP contribution in [0.3, 0.4) is 0 Å². The van der Waals surface area contributed by atoms with Crippen LogP contribution in [0.4, 0.5) is 0 Å². The number of fused-ring (bicyclic) bond motifs is 1. The Hall–Kier alpha value is -0.670. The maximum Gasteiger partial charge on any atom is 0.134 e. The van der Waals surface area contributed by atoms with Crippen LogP contribution in [0.25, 0.3) is 0 Å². The molecule has 18 heavy (non-hydrogen) atoms. The summed E-state index contributed by atoms with van der Waals surface area (Å²) in [4.78, 5) is 1.19. The van der Waals surface area contributed by atoms with Gasteiger partial charge in [0, 0.05) is 10.6 Å². The maximum absolute atomic E-state index is 10.2. The molecule has 100 valence electrons. The van der Waals surface area contributed by atoms with Crippen LogP contribution in [-0.2, 0) is 0 Å². The molecule has 1 aliphatic rings. The molecule has 1 aromatic rings. The molecule has 0 saturated heterocycles. The Bertz CT molecular complexity index is 367. The van der Waals surface area contributed by atoms with Crippen LogP contribution in [-0.4, -0.2) is 23.1 Å². The predicted molar refractivity (Wildman–Crippen MR) is 76.3 cm³/mol. The molecule has 2 atom stereocenters. The highest BCUT2D eigenvalue weighted by atomic mass is 32.2. The average Bonchev–Trinajstić information content (AvgIpc) is 2.43. The van der Waals surface area contributed by atoms with Crippen LogP contribution in [0.1, 0.15) is 39.0 Å². The van der Waals surface area contributed by atoms with Gasteiger partial charge < -0.3 is 9.84 Å². The molecule has 1 aromatic carbocycles. The molecule has 1 N–H and O–H groups in total. The number of para-hydroxylation sites is 1. The van der Waals surface area contributed by atoms with E-state index in [1.807, 2.05) is 18.2 Å². The predicted octanol–water partition coefficient (Wildman–Crippen LogP) is 3.87. The molecule has 2 rings (SSSR count). The van der Waals surface area contributed by atoms with Gasteiger partial charge in [-0.2, -0.15) is 0 Å². The molecule has 3 heteroatoms. The van der Waals surface area contributed by atoms with E-state index >= 15 is 0 Å². The number of hydrogen-bond donors (Lipinski definition) is 1. The minimum absolute atomic E-state index is 0.0495. The normalized spacial score (nSPS) is 20.0. The van der Waals surface area contributed by atoms with Gasteiger partial charge in [0.1, 0.15) is 11.9 Å². The van der Waals surface area contributed by atoms with E-state index in [2.05, 4.69) is 13.0 Å². The molecule has 0 aromatic heterocycles. The van der Waals surface area contributed by atoms with Crippen molar-refractivity contribution in [2.75, 3.05) is 5.75 Å². The Balaban J connectivity index is 1.81. The SMILES string of the molecule is CCCCCCC(O)C1CSc2ccccc2O1. The number of unbranched alkanes of at least 4 members (excludes halogenated alkanes) is 3. The van der Waals surface area contributed by atoms with Gasteiger partial charge in [-0.3, -0.25) is 0 Å². The molecule has 2 unspecified atom stereocenters. The summed E-state index contributed by atoms with van der Waals surface area (Å²) in [5, 5.41) is 10.2. The monoisotopic (exact) mass is 266 g/mol. The highest BCUT2D eigenvalue weighted by molar-refractivity contribution is 7.99. The third kappa shape index (κ3) is 3.66. The highest BCUT2D eigenvalue weighted by Gasteiger charge is 2.26. The van der Waals surface area contributed by atoms with E-state index in [0.29, 0.717) is 0 Å². The largest absolute Gasteiger partial charge is 0.486 e. The van der Waals surface area contributed by atoms with E-state index in [1.165, 1.54) is 24.2 Å². The highest BCUT2D eigenvalue weighted by Crippen LogP contribution is 2.36. The summed E-state index contributed by atoms with van der Waals surface area (Å²) in [5.74, 6) is 1.78. The lowest BCUT2D eigenvalue weighted by Crippen LogP contribution is -2.35. The zero-order chi connectivity index (χ0) is 12.8. The summed E-state index contributed by atoms with van der Waals surface area (Å²) in [5.41, 5.74) is 0. The zero-order valence-corrected chi connectivity index (χ0v) is 11.8. The van der Waals surface area contributed by atoms with E-state index in [-0.39, 0.29) is 12.2 Å². The first-order valence-electron chi connectivity index (χ1n) is 6.88. The van der Waals surface area contributed by atoms with Crippen LogP contribution < -0.4 is 4.74 Å². The third-order valence-corrected chi connectivity index (χ3v) is 4.46. The third-order valence-electron chi connectivity index (χ3n) is 3.31. The second-order valence-corrected chi connectivity index (χ2v) is 5.89. The fourth-order valence-electron chi connectivity index (χ4n) is 2.19. The molecule has 0 fully saturated rings. The van der Waals surface area contributed by atoms with E-state index in [0.717, 1.165) is 24.3 Å². The minimum Gasteiger partial charge on any atom is -0.486 e. The summed E-state index contributed by atoms with van der Waals surface area (Å²) in [6.07, 6.45) is 5.28. The number of hydrogen-bond acceptors (Lipinski definition) is 3. The van der Waals surface area contributed by atoms with E-state index in [4.69, 9.17) is 4.74 Å². The molecule has 0 bridgehead atoms. The number of ether oxygens (including phenoxy) is 1. The summed E-state index contributed by atoms with van der Waals surface area (Å²) >= 11 is 1.78. The van der Waals surface area contributed by atoms with Gasteiger partial charge in [0.15, 0.2) is 0 Å². The average molecular weight is 266 g/mol. The molecule has 0 amide bonds. The van der Waals surface area contributed by atoms with Gasteiger partial charge >= 0.3 is 0 Å². The lowest BCUT2D eigenvalue weighted by Gasteiger charge is -2.29. The van der Waals surface area contributed by atoms with Crippen molar-refractivity contribution in [1.82, 2.24) is 0 Å². The Labute approximate surface area is 114 Å². The van der Waals surface area contributed by atoms with Crippen molar-refractivity contribution in [2.24, 2.45) is 0 Å². The lowest BCUT2D eigenvalue weighted by molar-refractivity contribution is 0.0391. The van der Waals surface area contributed by atoms with Crippen molar-refractivity contribution in [1.29, 1.82) is 0 Å². The zero-order valence-electron chi connectivity index (χ0n) is 11.0.